The number of halogens is 1. The lowest BCUT2D eigenvalue weighted by Crippen LogP contribution is -2.35. The number of rotatable bonds is 6. The van der Waals surface area contributed by atoms with Gasteiger partial charge in [-0.2, -0.15) is 10.2 Å². The molecule has 0 radical (unpaired) electrons. The summed E-state index contributed by atoms with van der Waals surface area (Å²) in [5.74, 6) is 1.30. The van der Waals surface area contributed by atoms with Crippen LogP contribution in [0.4, 0.5) is 11.8 Å². The van der Waals surface area contributed by atoms with E-state index < -0.39 is 0 Å². The molecule has 7 heteroatoms. The zero-order chi connectivity index (χ0) is 16.7. The van der Waals surface area contributed by atoms with E-state index in [1.807, 2.05) is 6.07 Å². The summed E-state index contributed by atoms with van der Waals surface area (Å²) in [6.45, 7) is 9.49. The van der Waals surface area contributed by atoms with Crippen molar-refractivity contribution in [3.05, 3.63) is 46.3 Å². The Morgan fingerprint density at radius 2 is 2.13 bits per heavy atom. The molecule has 2 rings (SSSR count). The molecule has 0 aromatic carbocycles. The Hall–Kier alpha value is -1.92. The smallest absolute Gasteiger partial charge is 0.229 e. The lowest BCUT2D eigenvalue weighted by molar-refractivity contribution is 0.478. The summed E-state index contributed by atoms with van der Waals surface area (Å²) in [5, 5.41) is 18.5. The molecule has 1 fully saturated rings. The van der Waals surface area contributed by atoms with Crippen LogP contribution in [0.5, 0.6) is 0 Å². The molecule has 23 heavy (non-hydrogen) atoms. The number of nitrogens with one attached hydrogen (secondary N) is 3. The van der Waals surface area contributed by atoms with Gasteiger partial charge in [-0.15, -0.1) is 0 Å². The number of piperidine rings is 1. The molecule has 1 aromatic heterocycles. The van der Waals surface area contributed by atoms with Gasteiger partial charge in [-0.05, 0) is 60.7 Å². The van der Waals surface area contributed by atoms with E-state index in [1.165, 1.54) is 0 Å². The molecule has 2 heterocycles. The van der Waals surface area contributed by atoms with Crippen LogP contribution >= 0.6 is 22.6 Å². The minimum Gasteiger partial charge on any atom is -0.366 e. The lowest BCUT2D eigenvalue weighted by atomic mass is 10.1. The van der Waals surface area contributed by atoms with Crippen molar-refractivity contribution < 1.29 is 0 Å². The predicted octanol–water partition coefficient (Wildman–Crippen LogP) is 2.81. The molecule has 0 bridgehead atoms. The average Bonchev–Trinajstić information content (AvgIpc) is 2.56. The lowest BCUT2D eigenvalue weighted by Gasteiger charge is -2.24. The molecule has 0 atom stereocenters. The molecule has 1 aromatic rings. The van der Waals surface area contributed by atoms with Crippen LogP contribution in [-0.4, -0.2) is 29.1 Å². The zero-order valence-corrected chi connectivity index (χ0v) is 14.9. The van der Waals surface area contributed by atoms with Gasteiger partial charge in [-0.1, -0.05) is 13.2 Å². The van der Waals surface area contributed by atoms with Crippen molar-refractivity contribution >= 4 is 34.4 Å². The minimum absolute atomic E-state index is 0.366. The van der Waals surface area contributed by atoms with Gasteiger partial charge >= 0.3 is 0 Å². The van der Waals surface area contributed by atoms with Crippen LogP contribution in [0.2, 0.25) is 0 Å². The molecule has 0 spiro atoms. The summed E-state index contributed by atoms with van der Waals surface area (Å²) in [5.41, 5.74) is 0.958. The Kier molecular flexibility index (Phi) is 6.55. The van der Waals surface area contributed by atoms with E-state index in [0.29, 0.717) is 23.3 Å². The Morgan fingerprint density at radius 3 is 2.83 bits per heavy atom. The first-order chi connectivity index (χ1) is 11.1. The van der Waals surface area contributed by atoms with Crippen molar-refractivity contribution in [3.63, 3.8) is 0 Å². The second-order valence-electron chi connectivity index (χ2n) is 5.18. The van der Waals surface area contributed by atoms with Gasteiger partial charge in [-0.3, -0.25) is 0 Å². The Morgan fingerprint density at radius 1 is 1.39 bits per heavy atom. The molecule has 0 amide bonds. The summed E-state index contributed by atoms with van der Waals surface area (Å²) < 4.78 is 0.977. The third-order valence-electron chi connectivity index (χ3n) is 3.33. The van der Waals surface area contributed by atoms with Gasteiger partial charge in [0.2, 0.25) is 5.95 Å². The summed E-state index contributed by atoms with van der Waals surface area (Å²) >= 11 is 2.22. The standard InChI is InChI=1S/C16H19IN6/c1-11(9-18)3-4-12(2)21-16-20-10-14(17)15(23-16)22-13-5-7-19-8-6-13/h3-4,10,13,19H,1-2,5-8H2,(H2,20,21,22,23)/b4-3-. The Labute approximate surface area is 149 Å². The maximum Gasteiger partial charge on any atom is 0.229 e. The SMILES string of the molecule is C=C(C#N)/C=C\C(=C)Nc1ncc(I)c(NC2CCNCC2)n1. The third-order valence-corrected chi connectivity index (χ3v) is 4.12. The number of allylic oxidation sites excluding steroid dienone is 3. The maximum absolute atomic E-state index is 8.67. The molecule has 0 aliphatic carbocycles. The van der Waals surface area contributed by atoms with E-state index >= 15 is 0 Å². The molecule has 1 saturated heterocycles. The maximum atomic E-state index is 8.67. The molecule has 120 valence electrons. The quantitative estimate of drug-likeness (QED) is 0.372. The first kappa shape index (κ1) is 17.4. The van der Waals surface area contributed by atoms with Gasteiger partial charge in [0.15, 0.2) is 0 Å². The minimum atomic E-state index is 0.366. The molecular formula is C16H19IN6. The predicted molar refractivity (Wildman–Crippen MR) is 101 cm³/mol. The molecule has 1 aliphatic rings. The molecule has 0 unspecified atom stereocenters. The second-order valence-corrected chi connectivity index (χ2v) is 6.34. The van der Waals surface area contributed by atoms with Crippen molar-refractivity contribution in [2.45, 2.75) is 18.9 Å². The number of anilines is 2. The van der Waals surface area contributed by atoms with Gasteiger partial charge in [-0.25, -0.2) is 4.98 Å². The van der Waals surface area contributed by atoms with Crippen molar-refractivity contribution in [3.8, 4) is 6.07 Å². The van der Waals surface area contributed by atoms with Crippen molar-refractivity contribution in [2.24, 2.45) is 0 Å². The van der Waals surface area contributed by atoms with Crippen LogP contribution < -0.4 is 16.0 Å². The molecule has 1 aliphatic heterocycles. The first-order valence-electron chi connectivity index (χ1n) is 7.31. The highest BCUT2D eigenvalue weighted by atomic mass is 127. The normalized spacial score (nSPS) is 15.1. The summed E-state index contributed by atoms with van der Waals surface area (Å²) in [6.07, 6.45) is 7.19. The summed E-state index contributed by atoms with van der Waals surface area (Å²) in [4.78, 5) is 8.77. The third kappa shape index (κ3) is 5.65. The van der Waals surface area contributed by atoms with Crippen molar-refractivity contribution in [1.29, 1.82) is 5.26 Å². The number of nitriles is 1. The van der Waals surface area contributed by atoms with Gasteiger partial charge in [0.25, 0.3) is 0 Å². The van der Waals surface area contributed by atoms with E-state index in [2.05, 4.69) is 61.7 Å². The summed E-state index contributed by atoms with van der Waals surface area (Å²) in [7, 11) is 0. The van der Waals surface area contributed by atoms with Crippen molar-refractivity contribution in [2.75, 3.05) is 23.7 Å². The molecular weight excluding hydrogens is 403 g/mol. The van der Waals surface area contributed by atoms with Crippen LogP contribution in [0, 0.1) is 14.9 Å². The van der Waals surface area contributed by atoms with E-state index in [4.69, 9.17) is 5.26 Å². The largest absolute Gasteiger partial charge is 0.366 e. The highest BCUT2D eigenvalue weighted by molar-refractivity contribution is 14.1. The highest BCUT2D eigenvalue weighted by Gasteiger charge is 2.15. The second kappa shape index (κ2) is 8.64. The number of hydrogen-bond donors (Lipinski definition) is 3. The molecule has 3 N–H and O–H groups in total. The van der Waals surface area contributed by atoms with Crippen LogP contribution in [0.3, 0.4) is 0 Å². The van der Waals surface area contributed by atoms with Gasteiger partial charge in [0.05, 0.1) is 9.64 Å². The molecule has 0 saturated carbocycles. The van der Waals surface area contributed by atoms with Crippen molar-refractivity contribution in [1.82, 2.24) is 15.3 Å². The van der Waals surface area contributed by atoms with Crippen LogP contribution in [-0.2, 0) is 0 Å². The van der Waals surface area contributed by atoms with Gasteiger partial charge in [0.1, 0.15) is 5.82 Å². The summed E-state index contributed by atoms with van der Waals surface area (Å²) in [6, 6.07) is 2.37. The highest BCUT2D eigenvalue weighted by Crippen LogP contribution is 2.19. The van der Waals surface area contributed by atoms with Gasteiger partial charge < -0.3 is 16.0 Å². The first-order valence-corrected chi connectivity index (χ1v) is 8.39. The Bertz CT molecular complexity index is 655. The van der Waals surface area contributed by atoms with E-state index in [9.17, 15) is 0 Å². The number of nitrogens with zero attached hydrogens (tertiary/aromatic N) is 3. The van der Waals surface area contributed by atoms with E-state index in [1.54, 1.807) is 18.3 Å². The fraction of sp³-hybridized carbons (Fsp3) is 0.312. The van der Waals surface area contributed by atoms with E-state index in [0.717, 1.165) is 35.3 Å². The average molecular weight is 422 g/mol. The molecule has 6 nitrogen and oxygen atoms in total. The van der Waals surface area contributed by atoms with Gasteiger partial charge in [0, 0.05) is 23.5 Å². The fourth-order valence-electron chi connectivity index (χ4n) is 2.11. The van der Waals surface area contributed by atoms with E-state index in [-0.39, 0.29) is 0 Å². The monoisotopic (exact) mass is 422 g/mol. The van der Waals surface area contributed by atoms with Crippen LogP contribution in [0.25, 0.3) is 0 Å². The van der Waals surface area contributed by atoms with Crippen LogP contribution in [0.15, 0.2) is 42.8 Å². The topological polar surface area (TPSA) is 85.7 Å². The van der Waals surface area contributed by atoms with Crippen LogP contribution in [0.1, 0.15) is 12.8 Å². The zero-order valence-electron chi connectivity index (χ0n) is 12.8. The number of hydrogen-bond acceptors (Lipinski definition) is 6. The number of aromatic nitrogens is 2. The Balaban J connectivity index is 2.01. The fourth-order valence-corrected chi connectivity index (χ4v) is 2.53.